The molecule has 1 aliphatic rings. The summed E-state index contributed by atoms with van der Waals surface area (Å²) >= 11 is 0. The van der Waals surface area contributed by atoms with Crippen LogP contribution in [0.2, 0.25) is 0 Å². The van der Waals surface area contributed by atoms with Gasteiger partial charge in [-0.1, -0.05) is 30.3 Å². The first-order chi connectivity index (χ1) is 14.6. The zero-order valence-corrected chi connectivity index (χ0v) is 16.7. The highest BCUT2D eigenvalue weighted by Crippen LogP contribution is 2.19. The molecule has 0 bridgehead atoms. The normalized spacial score (nSPS) is 15.8. The molecule has 1 atom stereocenters. The van der Waals surface area contributed by atoms with Gasteiger partial charge >= 0.3 is 5.97 Å². The molecule has 8 nitrogen and oxygen atoms in total. The van der Waals surface area contributed by atoms with E-state index in [2.05, 4.69) is 10.1 Å². The van der Waals surface area contributed by atoms with Crippen LogP contribution in [0.3, 0.4) is 0 Å². The second kappa shape index (κ2) is 10.3. The summed E-state index contributed by atoms with van der Waals surface area (Å²) in [5, 5.41) is 2.65. The van der Waals surface area contributed by atoms with Gasteiger partial charge in [0.15, 0.2) is 6.61 Å². The lowest BCUT2D eigenvalue weighted by Gasteiger charge is -2.34. The Hall–Kier alpha value is -3.55. The molecule has 1 fully saturated rings. The maximum atomic E-state index is 12.6. The summed E-state index contributed by atoms with van der Waals surface area (Å²) in [6.45, 7) is 0.852. The van der Waals surface area contributed by atoms with E-state index >= 15 is 0 Å². The summed E-state index contributed by atoms with van der Waals surface area (Å²) in [5.41, 5.74) is 1.07. The minimum atomic E-state index is -0.893. The van der Waals surface area contributed by atoms with Gasteiger partial charge in [0, 0.05) is 13.1 Å². The first-order valence-corrected chi connectivity index (χ1v) is 9.60. The molecule has 30 heavy (non-hydrogen) atoms. The first kappa shape index (κ1) is 21.2. The van der Waals surface area contributed by atoms with Crippen molar-refractivity contribution in [2.24, 2.45) is 0 Å². The number of piperazine rings is 1. The van der Waals surface area contributed by atoms with Crippen molar-refractivity contribution >= 4 is 17.8 Å². The summed E-state index contributed by atoms with van der Waals surface area (Å²) in [4.78, 5) is 37.6. The molecule has 0 spiro atoms. The van der Waals surface area contributed by atoms with Gasteiger partial charge in [0.1, 0.15) is 24.1 Å². The van der Waals surface area contributed by atoms with E-state index in [9.17, 15) is 14.4 Å². The third kappa shape index (κ3) is 5.73. The van der Waals surface area contributed by atoms with Crippen LogP contribution in [-0.2, 0) is 25.7 Å². The Balaban J connectivity index is 1.52. The van der Waals surface area contributed by atoms with Crippen LogP contribution in [0.25, 0.3) is 0 Å². The molecule has 0 unspecified atom stereocenters. The van der Waals surface area contributed by atoms with Crippen molar-refractivity contribution in [2.45, 2.75) is 19.1 Å². The van der Waals surface area contributed by atoms with E-state index in [-0.39, 0.29) is 24.8 Å². The van der Waals surface area contributed by atoms with Gasteiger partial charge in [-0.3, -0.25) is 14.4 Å². The molecule has 1 aliphatic heterocycles. The Morgan fingerprint density at radius 3 is 2.37 bits per heavy atom. The fourth-order valence-electron chi connectivity index (χ4n) is 3.06. The first-order valence-electron chi connectivity index (χ1n) is 9.60. The Labute approximate surface area is 174 Å². The molecule has 2 amide bonds. The molecule has 2 aromatic rings. The lowest BCUT2D eigenvalue weighted by atomic mass is 10.1. The van der Waals surface area contributed by atoms with Crippen LogP contribution in [-0.4, -0.2) is 55.5 Å². The molecule has 0 aliphatic carbocycles. The summed E-state index contributed by atoms with van der Waals surface area (Å²) < 4.78 is 15.9. The zero-order valence-electron chi connectivity index (χ0n) is 16.7. The number of hydrogen-bond acceptors (Lipinski definition) is 6. The van der Waals surface area contributed by atoms with E-state index in [1.165, 1.54) is 12.0 Å². The number of carbonyl (C=O) groups excluding carboxylic acids is 3. The number of esters is 1. The second-order valence-corrected chi connectivity index (χ2v) is 6.71. The van der Waals surface area contributed by atoms with E-state index in [1.54, 1.807) is 24.3 Å². The number of carbonyl (C=O) groups is 3. The standard InChI is InChI=1S/C22H24N2O6/c1-28-21(26)13-19-22(27)23-11-12-24(19)20(25)15-30-18-9-7-17(8-10-18)29-14-16-5-3-2-4-6-16/h2-10,19H,11-15H2,1H3,(H,23,27)/t19-/m1/s1. The lowest BCUT2D eigenvalue weighted by molar-refractivity contribution is -0.151. The van der Waals surface area contributed by atoms with Crippen molar-refractivity contribution in [1.29, 1.82) is 0 Å². The molecule has 2 aromatic carbocycles. The predicted molar refractivity (Wildman–Crippen MR) is 108 cm³/mol. The second-order valence-electron chi connectivity index (χ2n) is 6.71. The molecule has 0 saturated carbocycles. The van der Waals surface area contributed by atoms with Crippen LogP contribution in [0.4, 0.5) is 0 Å². The Bertz CT molecular complexity index is 869. The van der Waals surface area contributed by atoms with E-state index < -0.39 is 12.0 Å². The summed E-state index contributed by atoms with van der Waals surface area (Å²) in [6, 6.07) is 15.9. The Morgan fingerprint density at radius 2 is 1.70 bits per heavy atom. The van der Waals surface area contributed by atoms with Gasteiger partial charge in [0.25, 0.3) is 5.91 Å². The number of rotatable bonds is 8. The molecule has 3 rings (SSSR count). The van der Waals surface area contributed by atoms with Gasteiger partial charge in [0.05, 0.1) is 13.5 Å². The summed E-state index contributed by atoms with van der Waals surface area (Å²) in [5.74, 6) is -0.116. The third-order valence-corrected chi connectivity index (χ3v) is 4.67. The van der Waals surface area contributed by atoms with Gasteiger partial charge in [-0.2, -0.15) is 0 Å². The number of ether oxygens (including phenoxy) is 3. The maximum Gasteiger partial charge on any atom is 0.308 e. The highest BCUT2D eigenvalue weighted by atomic mass is 16.5. The largest absolute Gasteiger partial charge is 0.489 e. The van der Waals surface area contributed by atoms with Crippen molar-refractivity contribution in [3.8, 4) is 11.5 Å². The number of methoxy groups -OCH3 is 1. The highest BCUT2D eigenvalue weighted by Gasteiger charge is 2.35. The van der Waals surface area contributed by atoms with Crippen molar-refractivity contribution in [2.75, 3.05) is 26.8 Å². The molecule has 8 heteroatoms. The topological polar surface area (TPSA) is 94.2 Å². The smallest absolute Gasteiger partial charge is 0.308 e. The lowest BCUT2D eigenvalue weighted by Crippen LogP contribution is -2.58. The van der Waals surface area contributed by atoms with Crippen molar-refractivity contribution in [3.05, 3.63) is 60.2 Å². The van der Waals surface area contributed by atoms with Gasteiger partial charge in [-0.25, -0.2) is 0 Å². The van der Waals surface area contributed by atoms with Crippen LogP contribution in [0.15, 0.2) is 54.6 Å². The van der Waals surface area contributed by atoms with Crippen molar-refractivity contribution in [1.82, 2.24) is 10.2 Å². The molecule has 158 valence electrons. The number of amides is 2. The number of hydrogen-bond donors (Lipinski definition) is 1. The maximum absolute atomic E-state index is 12.6. The van der Waals surface area contributed by atoms with Crippen molar-refractivity contribution in [3.63, 3.8) is 0 Å². The number of nitrogens with one attached hydrogen (secondary N) is 1. The average Bonchev–Trinajstić information content (AvgIpc) is 2.78. The molecule has 0 aromatic heterocycles. The summed E-state index contributed by atoms with van der Waals surface area (Å²) in [6.07, 6.45) is -0.193. The average molecular weight is 412 g/mol. The molecule has 1 saturated heterocycles. The van der Waals surface area contributed by atoms with Crippen LogP contribution in [0.1, 0.15) is 12.0 Å². The fourth-order valence-corrected chi connectivity index (χ4v) is 3.06. The number of nitrogens with zero attached hydrogens (tertiary/aromatic N) is 1. The minimum absolute atomic E-state index is 0.193. The van der Waals surface area contributed by atoms with Gasteiger partial charge in [0.2, 0.25) is 5.91 Å². The van der Waals surface area contributed by atoms with Crippen LogP contribution < -0.4 is 14.8 Å². The van der Waals surface area contributed by atoms with Gasteiger partial charge in [-0.15, -0.1) is 0 Å². The SMILES string of the molecule is COC(=O)C[C@@H]1C(=O)NCCN1C(=O)COc1ccc(OCc2ccccc2)cc1. The minimum Gasteiger partial charge on any atom is -0.489 e. The fraction of sp³-hybridized carbons (Fsp3) is 0.318. The van der Waals surface area contributed by atoms with E-state index in [0.29, 0.717) is 31.2 Å². The quantitative estimate of drug-likeness (QED) is 0.661. The van der Waals surface area contributed by atoms with Crippen LogP contribution in [0, 0.1) is 0 Å². The van der Waals surface area contributed by atoms with E-state index in [1.807, 2.05) is 30.3 Å². The zero-order chi connectivity index (χ0) is 21.3. The molecule has 1 heterocycles. The monoisotopic (exact) mass is 412 g/mol. The molecule has 1 N–H and O–H groups in total. The molecular weight excluding hydrogens is 388 g/mol. The summed E-state index contributed by atoms with van der Waals surface area (Å²) in [7, 11) is 1.24. The predicted octanol–water partition coefficient (Wildman–Crippen LogP) is 1.53. The van der Waals surface area contributed by atoms with Crippen LogP contribution in [0.5, 0.6) is 11.5 Å². The van der Waals surface area contributed by atoms with Crippen LogP contribution >= 0.6 is 0 Å². The Morgan fingerprint density at radius 1 is 1.03 bits per heavy atom. The molecular formula is C22H24N2O6. The third-order valence-electron chi connectivity index (χ3n) is 4.67. The highest BCUT2D eigenvalue weighted by molar-refractivity contribution is 5.92. The number of benzene rings is 2. The van der Waals surface area contributed by atoms with Crippen molar-refractivity contribution < 1.29 is 28.6 Å². The Kier molecular flexibility index (Phi) is 7.26. The van der Waals surface area contributed by atoms with Gasteiger partial charge in [-0.05, 0) is 29.8 Å². The van der Waals surface area contributed by atoms with Gasteiger partial charge < -0.3 is 24.4 Å². The van der Waals surface area contributed by atoms with E-state index in [4.69, 9.17) is 9.47 Å². The van der Waals surface area contributed by atoms with E-state index in [0.717, 1.165) is 5.56 Å². The molecule has 0 radical (unpaired) electrons.